The van der Waals surface area contributed by atoms with Crippen molar-refractivity contribution in [3.05, 3.63) is 28.8 Å². The average molecular weight is 280 g/mol. The van der Waals surface area contributed by atoms with E-state index in [1.54, 1.807) is 0 Å². The van der Waals surface area contributed by atoms with Crippen LogP contribution in [-0.2, 0) is 0 Å². The van der Waals surface area contributed by atoms with Crippen molar-refractivity contribution in [1.29, 1.82) is 0 Å². The number of aliphatic hydroxyl groups excluding tert-OH is 1. The second-order valence-corrected chi connectivity index (χ2v) is 6.19. The molecule has 20 heavy (non-hydrogen) atoms. The van der Waals surface area contributed by atoms with Gasteiger partial charge in [-0.25, -0.2) is 0 Å². The summed E-state index contributed by atoms with van der Waals surface area (Å²) in [4.78, 5) is 0. The van der Waals surface area contributed by atoms with Crippen LogP contribution < -0.4 is 10.1 Å². The quantitative estimate of drug-likeness (QED) is 0.802. The molecule has 0 bridgehead atoms. The standard InChI is InChI=1S/C17H29NO2/c1-11(2)15(6)18-9-16(19)10-20-17-13(4)8-7-12(3)14(17)5/h7-8,11,15-16,18-19H,9-10H2,1-6H3/p+1/t15-,16+/m1/s1. The third kappa shape index (κ3) is 4.80. The number of hydrogen-bond donors (Lipinski definition) is 2. The van der Waals surface area contributed by atoms with Crippen LogP contribution in [0.3, 0.4) is 0 Å². The van der Waals surface area contributed by atoms with Gasteiger partial charge in [0.15, 0.2) is 0 Å². The lowest BCUT2D eigenvalue weighted by Crippen LogP contribution is -2.92. The molecule has 1 aromatic rings. The van der Waals surface area contributed by atoms with Crippen molar-refractivity contribution >= 4 is 0 Å². The molecule has 0 radical (unpaired) electrons. The van der Waals surface area contributed by atoms with Crippen molar-refractivity contribution in [2.75, 3.05) is 13.2 Å². The first-order chi connectivity index (χ1) is 9.32. The van der Waals surface area contributed by atoms with Crippen LogP contribution in [0, 0.1) is 26.7 Å². The van der Waals surface area contributed by atoms with Gasteiger partial charge in [0.2, 0.25) is 0 Å². The van der Waals surface area contributed by atoms with Crippen molar-refractivity contribution in [2.45, 2.75) is 53.7 Å². The Balaban J connectivity index is 2.49. The van der Waals surface area contributed by atoms with Gasteiger partial charge in [-0.3, -0.25) is 0 Å². The minimum Gasteiger partial charge on any atom is -0.490 e. The summed E-state index contributed by atoms with van der Waals surface area (Å²) in [7, 11) is 0. The summed E-state index contributed by atoms with van der Waals surface area (Å²) in [6.45, 7) is 13.8. The topological polar surface area (TPSA) is 46.1 Å². The maximum Gasteiger partial charge on any atom is 0.137 e. The van der Waals surface area contributed by atoms with Gasteiger partial charge in [0, 0.05) is 5.92 Å². The van der Waals surface area contributed by atoms with Crippen molar-refractivity contribution < 1.29 is 15.2 Å². The summed E-state index contributed by atoms with van der Waals surface area (Å²) in [5.74, 6) is 1.53. The number of quaternary nitrogens is 1. The van der Waals surface area contributed by atoms with Crippen LogP contribution in [0.2, 0.25) is 0 Å². The maximum atomic E-state index is 10.0. The van der Waals surface area contributed by atoms with E-state index < -0.39 is 6.10 Å². The highest BCUT2D eigenvalue weighted by Gasteiger charge is 2.15. The molecule has 3 nitrogen and oxygen atoms in total. The molecule has 0 heterocycles. The van der Waals surface area contributed by atoms with E-state index in [2.05, 4.69) is 52.1 Å². The summed E-state index contributed by atoms with van der Waals surface area (Å²) in [5, 5.41) is 12.2. The molecule has 2 atom stereocenters. The highest BCUT2D eigenvalue weighted by atomic mass is 16.5. The van der Waals surface area contributed by atoms with Crippen molar-refractivity contribution in [2.24, 2.45) is 5.92 Å². The van der Waals surface area contributed by atoms with Gasteiger partial charge in [-0.15, -0.1) is 0 Å². The molecule has 0 aliphatic heterocycles. The third-order valence-electron chi connectivity index (χ3n) is 4.13. The minimum absolute atomic E-state index is 0.354. The number of ether oxygens (including phenoxy) is 1. The number of rotatable bonds is 7. The summed E-state index contributed by atoms with van der Waals surface area (Å²) in [5.41, 5.74) is 3.51. The fraction of sp³-hybridized carbons (Fsp3) is 0.647. The fourth-order valence-corrected chi connectivity index (χ4v) is 2.04. The molecular formula is C17H30NO2+. The van der Waals surface area contributed by atoms with Crippen molar-refractivity contribution in [3.63, 3.8) is 0 Å². The van der Waals surface area contributed by atoms with Crippen LogP contribution in [0.25, 0.3) is 0 Å². The van der Waals surface area contributed by atoms with Gasteiger partial charge in [0.1, 0.15) is 25.0 Å². The van der Waals surface area contributed by atoms with Gasteiger partial charge in [0.05, 0.1) is 6.04 Å². The lowest BCUT2D eigenvalue weighted by molar-refractivity contribution is -0.697. The van der Waals surface area contributed by atoms with Crippen LogP contribution in [0.15, 0.2) is 12.1 Å². The predicted octanol–water partition coefficient (Wildman–Crippen LogP) is 1.96. The molecule has 0 saturated heterocycles. The van der Waals surface area contributed by atoms with Gasteiger partial charge in [-0.2, -0.15) is 0 Å². The Kier molecular flexibility index (Phi) is 6.50. The van der Waals surface area contributed by atoms with E-state index in [-0.39, 0.29) is 0 Å². The van der Waals surface area contributed by atoms with E-state index in [1.807, 2.05) is 6.92 Å². The van der Waals surface area contributed by atoms with Crippen LogP contribution in [0.4, 0.5) is 0 Å². The summed E-state index contributed by atoms with van der Waals surface area (Å²) >= 11 is 0. The van der Waals surface area contributed by atoms with Gasteiger partial charge in [-0.05, 0) is 44.4 Å². The Morgan fingerprint density at radius 3 is 2.30 bits per heavy atom. The molecule has 114 valence electrons. The Labute approximate surface area is 123 Å². The molecule has 3 N–H and O–H groups in total. The Bertz CT molecular complexity index is 429. The number of benzene rings is 1. The molecule has 3 heteroatoms. The molecule has 0 amide bonds. The third-order valence-corrected chi connectivity index (χ3v) is 4.13. The Morgan fingerprint density at radius 2 is 1.70 bits per heavy atom. The number of aryl methyl sites for hydroxylation is 2. The van der Waals surface area contributed by atoms with E-state index >= 15 is 0 Å². The second kappa shape index (κ2) is 7.65. The number of aliphatic hydroxyl groups is 1. The zero-order chi connectivity index (χ0) is 15.3. The summed E-state index contributed by atoms with van der Waals surface area (Å²) in [6.07, 6.45) is -0.435. The van der Waals surface area contributed by atoms with Crippen LogP contribution in [0.1, 0.15) is 37.5 Å². The molecule has 0 saturated carbocycles. The van der Waals surface area contributed by atoms with Crippen LogP contribution in [0.5, 0.6) is 5.75 Å². The predicted molar refractivity (Wildman–Crippen MR) is 83.2 cm³/mol. The fourth-order valence-electron chi connectivity index (χ4n) is 2.04. The molecule has 1 rings (SSSR count). The molecule has 0 aliphatic carbocycles. The molecule has 1 aromatic carbocycles. The highest BCUT2D eigenvalue weighted by molar-refractivity contribution is 5.44. The van der Waals surface area contributed by atoms with Gasteiger partial charge < -0.3 is 15.2 Å². The van der Waals surface area contributed by atoms with Gasteiger partial charge in [-0.1, -0.05) is 26.0 Å². The summed E-state index contributed by atoms with van der Waals surface area (Å²) < 4.78 is 5.83. The SMILES string of the molecule is Cc1ccc(C)c(OC[C@@H](O)C[NH2+][C@H](C)C(C)C)c1C. The largest absolute Gasteiger partial charge is 0.490 e. The molecule has 0 fully saturated rings. The first-order valence-electron chi connectivity index (χ1n) is 7.54. The van der Waals surface area contributed by atoms with Crippen LogP contribution >= 0.6 is 0 Å². The zero-order valence-corrected chi connectivity index (χ0v) is 13.7. The Hall–Kier alpha value is -1.06. The van der Waals surface area contributed by atoms with E-state index in [0.717, 1.165) is 16.9 Å². The molecule has 0 aromatic heterocycles. The molecular weight excluding hydrogens is 250 g/mol. The first kappa shape index (κ1) is 17.0. The lowest BCUT2D eigenvalue weighted by Gasteiger charge is -2.19. The van der Waals surface area contributed by atoms with E-state index in [0.29, 0.717) is 25.1 Å². The smallest absolute Gasteiger partial charge is 0.137 e. The molecule has 0 unspecified atom stereocenters. The minimum atomic E-state index is -0.435. The highest BCUT2D eigenvalue weighted by Crippen LogP contribution is 2.25. The lowest BCUT2D eigenvalue weighted by atomic mass is 10.1. The number of hydrogen-bond acceptors (Lipinski definition) is 2. The first-order valence-corrected chi connectivity index (χ1v) is 7.54. The van der Waals surface area contributed by atoms with Gasteiger partial charge >= 0.3 is 0 Å². The van der Waals surface area contributed by atoms with Crippen molar-refractivity contribution in [1.82, 2.24) is 0 Å². The zero-order valence-electron chi connectivity index (χ0n) is 13.7. The average Bonchev–Trinajstić information content (AvgIpc) is 2.40. The number of nitrogens with two attached hydrogens (primary N) is 1. The molecule has 0 spiro atoms. The monoisotopic (exact) mass is 280 g/mol. The summed E-state index contributed by atoms with van der Waals surface area (Å²) in [6, 6.07) is 4.69. The van der Waals surface area contributed by atoms with E-state index in [4.69, 9.17) is 4.74 Å². The second-order valence-electron chi connectivity index (χ2n) is 6.19. The van der Waals surface area contributed by atoms with E-state index in [9.17, 15) is 5.11 Å². The van der Waals surface area contributed by atoms with Crippen molar-refractivity contribution in [3.8, 4) is 5.75 Å². The Morgan fingerprint density at radius 1 is 1.10 bits per heavy atom. The van der Waals surface area contributed by atoms with Crippen LogP contribution in [-0.4, -0.2) is 30.4 Å². The normalized spacial score (nSPS) is 14.4. The maximum absolute atomic E-state index is 10.0. The van der Waals surface area contributed by atoms with E-state index in [1.165, 1.54) is 5.56 Å². The molecule has 0 aliphatic rings. The van der Waals surface area contributed by atoms with Gasteiger partial charge in [0.25, 0.3) is 0 Å².